The largest absolute Gasteiger partial charge is 0.268 e. The molecule has 2 aromatic heterocycles. The second-order valence-corrected chi connectivity index (χ2v) is 11.7. The quantitative estimate of drug-likeness (QED) is 0.282. The van der Waals surface area contributed by atoms with Gasteiger partial charge in [-0.2, -0.15) is 9.40 Å². The van der Waals surface area contributed by atoms with Gasteiger partial charge in [-0.25, -0.2) is 8.42 Å². The van der Waals surface area contributed by atoms with Crippen molar-refractivity contribution in [1.29, 1.82) is 0 Å². The molecule has 2 aromatic carbocycles. The standard InChI is InChI=1S/C27H29N3O2S2/c31-34(32,26-21-30(24-14-7-8-15-24)28-27(26)25-16-9-19-33-25)29(20-23-12-5-2-6-13-23)18-17-22-10-3-1-4-11-22/h1-6,9-13,16,19,21,24H,7-8,14-15,17-18,20H2. The highest BCUT2D eigenvalue weighted by atomic mass is 32.2. The lowest BCUT2D eigenvalue weighted by Gasteiger charge is -2.22. The third-order valence-electron chi connectivity index (χ3n) is 6.46. The van der Waals surface area contributed by atoms with Crippen molar-refractivity contribution in [3.8, 4) is 10.6 Å². The molecule has 1 saturated carbocycles. The Bertz CT molecular complexity index is 1290. The molecular weight excluding hydrogens is 462 g/mol. The molecule has 0 aliphatic heterocycles. The first-order valence-corrected chi connectivity index (χ1v) is 14.1. The fourth-order valence-electron chi connectivity index (χ4n) is 4.61. The van der Waals surface area contributed by atoms with Crippen LogP contribution in [0.5, 0.6) is 0 Å². The normalized spacial score (nSPS) is 14.7. The number of thiophene rings is 1. The average Bonchev–Trinajstić information content (AvgIpc) is 3.63. The van der Waals surface area contributed by atoms with E-state index in [1.54, 1.807) is 10.5 Å². The molecule has 34 heavy (non-hydrogen) atoms. The Kier molecular flexibility index (Phi) is 6.94. The van der Waals surface area contributed by atoms with Crippen molar-refractivity contribution >= 4 is 21.4 Å². The van der Waals surface area contributed by atoms with Gasteiger partial charge in [0, 0.05) is 19.3 Å². The molecule has 0 amide bonds. The van der Waals surface area contributed by atoms with Gasteiger partial charge in [0.2, 0.25) is 10.0 Å². The number of hydrogen-bond acceptors (Lipinski definition) is 4. The number of hydrogen-bond donors (Lipinski definition) is 0. The molecule has 5 nitrogen and oxygen atoms in total. The minimum atomic E-state index is -3.78. The maximum absolute atomic E-state index is 14.2. The van der Waals surface area contributed by atoms with Crippen LogP contribution in [-0.2, 0) is 23.0 Å². The molecule has 1 fully saturated rings. The fourth-order valence-corrected chi connectivity index (χ4v) is 6.97. The summed E-state index contributed by atoms with van der Waals surface area (Å²) >= 11 is 1.53. The van der Waals surface area contributed by atoms with Crippen molar-refractivity contribution in [2.24, 2.45) is 0 Å². The summed E-state index contributed by atoms with van der Waals surface area (Å²) in [5, 5.41) is 6.80. The van der Waals surface area contributed by atoms with Gasteiger partial charge in [0.05, 0.1) is 10.9 Å². The number of rotatable bonds is 9. The number of benzene rings is 2. The van der Waals surface area contributed by atoms with Crippen molar-refractivity contribution in [2.45, 2.75) is 49.6 Å². The van der Waals surface area contributed by atoms with Crippen LogP contribution in [0.25, 0.3) is 10.6 Å². The molecule has 0 saturated heterocycles. The molecule has 0 spiro atoms. The molecule has 0 atom stereocenters. The Hall–Kier alpha value is -2.74. The zero-order valence-corrected chi connectivity index (χ0v) is 20.7. The van der Waals surface area contributed by atoms with Gasteiger partial charge in [0.15, 0.2) is 0 Å². The summed E-state index contributed by atoms with van der Waals surface area (Å²) < 4.78 is 31.9. The van der Waals surface area contributed by atoms with Crippen molar-refractivity contribution < 1.29 is 8.42 Å². The molecule has 0 unspecified atom stereocenters. The van der Waals surface area contributed by atoms with Gasteiger partial charge < -0.3 is 0 Å². The first kappa shape index (κ1) is 23.0. The molecule has 4 aromatic rings. The van der Waals surface area contributed by atoms with Crippen LogP contribution < -0.4 is 0 Å². The minimum Gasteiger partial charge on any atom is -0.268 e. The van der Waals surface area contributed by atoms with Crippen LogP contribution in [0.4, 0.5) is 0 Å². The topological polar surface area (TPSA) is 55.2 Å². The lowest BCUT2D eigenvalue weighted by atomic mass is 10.1. The lowest BCUT2D eigenvalue weighted by Crippen LogP contribution is -2.32. The van der Waals surface area contributed by atoms with E-state index in [0.29, 0.717) is 30.1 Å². The summed E-state index contributed by atoms with van der Waals surface area (Å²) in [6, 6.07) is 24.0. The van der Waals surface area contributed by atoms with E-state index in [9.17, 15) is 8.42 Å². The van der Waals surface area contributed by atoms with Crippen molar-refractivity contribution in [1.82, 2.24) is 14.1 Å². The summed E-state index contributed by atoms with van der Waals surface area (Å²) in [5.41, 5.74) is 2.66. The van der Waals surface area contributed by atoms with Gasteiger partial charge in [-0.3, -0.25) is 4.68 Å². The van der Waals surface area contributed by atoms with Gasteiger partial charge in [-0.15, -0.1) is 11.3 Å². The highest BCUT2D eigenvalue weighted by molar-refractivity contribution is 7.89. The SMILES string of the molecule is O=S(=O)(c1cn(C2CCCC2)nc1-c1cccs1)N(CCc1ccccc1)Cc1ccccc1. The Morgan fingerprint density at radius 1 is 0.912 bits per heavy atom. The van der Waals surface area contributed by atoms with Crippen LogP contribution in [0.1, 0.15) is 42.9 Å². The smallest absolute Gasteiger partial charge is 0.247 e. The Balaban J connectivity index is 1.53. The summed E-state index contributed by atoms with van der Waals surface area (Å²) in [4.78, 5) is 1.20. The van der Waals surface area contributed by atoms with E-state index in [4.69, 9.17) is 5.10 Å². The number of sulfonamides is 1. The van der Waals surface area contributed by atoms with Crippen molar-refractivity contribution in [3.05, 3.63) is 95.5 Å². The van der Waals surface area contributed by atoms with Crippen molar-refractivity contribution in [3.63, 3.8) is 0 Å². The zero-order valence-electron chi connectivity index (χ0n) is 19.1. The Labute approximate surface area is 205 Å². The van der Waals surface area contributed by atoms with Crippen molar-refractivity contribution in [2.75, 3.05) is 6.54 Å². The fraction of sp³-hybridized carbons (Fsp3) is 0.296. The third-order valence-corrected chi connectivity index (χ3v) is 9.19. The molecule has 1 aliphatic carbocycles. The summed E-state index contributed by atoms with van der Waals surface area (Å²) in [6.07, 6.45) is 6.86. The van der Waals surface area contributed by atoms with E-state index >= 15 is 0 Å². The van der Waals surface area contributed by atoms with Gasteiger partial charge in [-0.1, -0.05) is 79.6 Å². The van der Waals surface area contributed by atoms with Gasteiger partial charge in [0.25, 0.3) is 0 Å². The van der Waals surface area contributed by atoms with Gasteiger partial charge in [-0.05, 0) is 41.8 Å². The number of aromatic nitrogens is 2. The second kappa shape index (κ2) is 10.3. The highest BCUT2D eigenvalue weighted by Crippen LogP contribution is 2.36. The van der Waals surface area contributed by atoms with Crippen LogP contribution in [0, 0.1) is 0 Å². The molecule has 0 N–H and O–H groups in total. The monoisotopic (exact) mass is 491 g/mol. The first-order valence-electron chi connectivity index (χ1n) is 11.8. The van der Waals surface area contributed by atoms with Crippen LogP contribution in [0.3, 0.4) is 0 Å². The van der Waals surface area contributed by atoms with Crippen LogP contribution >= 0.6 is 11.3 Å². The maximum Gasteiger partial charge on any atom is 0.247 e. The van der Waals surface area contributed by atoms with E-state index in [1.165, 1.54) is 11.3 Å². The minimum absolute atomic E-state index is 0.273. The molecular formula is C27H29N3O2S2. The molecule has 7 heteroatoms. The Morgan fingerprint density at radius 3 is 2.24 bits per heavy atom. The molecule has 0 bridgehead atoms. The van der Waals surface area contributed by atoms with E-state index in [1.807, 2.05) is 82.9 Å². The summed E-state index contributed by atoms with van der Waals surface area (Å²) in [5.74, 6) is 0. The Morgan fingerprint density at radius 2 is 1.59 bits per heavy atom. The van der Waals surface area contributed by atoms with Crippen LogP contribution in [-0.4, -0.2) is 29.0 Å². The lowest BCUT2D eigenvalue weighted by molar-refractivity contribution is 0.409. The van der Waals surface area contributed by atoms with E-state index in [0.717, 1.165) is 41.7 Å². The predicted octanol–water partition coefficient (Wildman–Crippen LogP) is 6.16. The first-order chi connectivity index (χ1) is 16.6. The highest BCUT2D eigenvalue weighted by Gasteiger charge is 2.32. The number of nitrogens with zero attached hydrogens (tertiary/aromatic N) is 3. The van der Waals surface area contributed by atoms with Gasteiger partial charge >= 0.3 is 0 Å². The summed E-state index contributed by atoms with van der Waals surface area (Å²) in [7, 11) is -3.78. The van der Waals surface area contributed by atoms with Gasteiger partial charge in [0.1, 0.15) is 10.6 Å². The molecule has 176 valence electrons. The molecule has 5 rings (SSSR count). The predicted molar refractivity (Wildman–Crippen MR) is 137 cm³/mol. The maximum atomic E-state index is 14.2. The third kappa shape index (κ3) is 5.02. The van der Waals surface area contributed by atoms with E-state index in [2.05, 4.69) is 0 Å². The molecule has 2 heterocycles. The zero-order chi connectivity index (χ0) is 23.4. The molecule has 0 radical (unpaired) electrons. The average molecular weight is 492 g/mol. The van der Waals surface area contributed by atoms with Crippen LogP contribution in [0.2, 0.25) is 0 Å². The van der Waals surface area contributed by atoms with E-state index < -0.39 is 10.0 Å². The van der Waals surface area contributed by atoms with Crippen LogP contribution in [0.15, 0.2) is 89.3 Å². The second-order valence-electron chi connectivity index (χ2n) is 8.80. The van der Waals surface area contributed by atoms with E-state index in [-0.39, 0.29) is 6.04 Å². The summed E-state index contributed by atoms with van der Waals surface area (Å²) in [6.45, 7) is 0.730. The molecule has 1 aliphatic rings.